The lowest BCUT2D eigenvalue weighted by atomic mass is 10.1. The van der Waals surface area contributed by atoms with Crippen LogP contribution in [0.5, 0.6) is 11.5 Å². The molecule has 0 fully saturated rings. The molecule has 1 aromatic rings. The zero-order valence-electron chi connectivity index (χ0n) is 12.6. The van der Waals surface area contributed by atoms with E-state index in [1.54, 1.807) is 13.0 Å². The Bertz CT molecular complexity index is 530. The number of anilines is 1. The summed E-state index contributed by atoms with van der Waals surface area (Å²) in [5.41, 5.74) is 6.35. The zero-order chi connectivity index (χ0) is 16.0. The van der Waals surface area contributed by atoms with Crippen molar-refractivity contribution in [1.29, 1.82) is 0 Å². The molecule has 2 N–H and O–H groups in total. The van der Waals surface area contributed by atoms with Gasteiger partial charge < -0.3 is 24.8 Å². The maximum atomic E-state index is 12.5. The van der Waals surface area contributed by atoms with E-state index in [1.165, 1.54) is 32.3 Å². The van der Waals surface area contributed by atoms with Crippen molar-refractivity contribution in [3.8, 4) is 11.5 Å². The van der Waals surface area contributed by atoms with Crippen molar-refractivity contribution in [2.75, 3.05) is 40.2 Å². The average molecular weight is 296 g/mol. The number of ether oxygens (including phenoxy) is 3. The van der Waals surface area contributed by atoms with Gasteiger partial charge in [-0.05, 0) is 13.0 Å². The second kappa shape index (κ2) is 7.37. The number of hydrogen-bond acceptors (Lipinski definition) is 6. The predicted octanol–water partition coefficient (Wildman–Crippen LogP) is 0.921. The molecule has 1 aromatic carbocycles. The highest BCUT2D eigenvalue weighted by molar-refractivity contribution is 6.02. The molecular weight excluding hydrogens is 276 g/mol. The van der Waals surface area contributed by atoms with Crippen molar-refractivity contribution in [2.45, 2.75) is 6.92 Å². The van der Waals surface area contributed by atoms with Gasteiger partial charge in [0.15, 0.2) is 0 Å². The number of carbonyl (C=O) groups is 2. The van der Waals surface area contributed by atoms with Gasteiger partial charge in [-0.2, -0.15) is 0 Å². The van der Waals surface area contributed by atoms with E-state index in [1.807, 2.05) is 0 Å². The first-order valence-electron chi connectivity index (χ1n) is 6.36. The molecule has 116 valence electrons. The summed E-state index contributed by atoms with van der Waals surface area (Å²) in [6.45, 7) is 1.95. The second-order valence-electron chi connectivity index (χ2n) is 4.19. The van der Waals surface area contributed by atoms with Crippen molar-refractivity contribution in [2.24, 2.45) is 0 Å². The smallest absolute Gasteiger partial charge is 0.325 e. The molecule has 21 heavy (non-hydrogen) atoms. The van der Waals surface area contributed by atoms with Gasteiger partial charge in [-0.3, -0.25) is 9.59 Å². The third kappa shape index (κ3) is 3.77. The van der Waals surface area contributed by atoms with Gasteiger partial charge in [0.05, 0.1) is 32.6 Å². The first kappa shape index (κ1) is 16.6. The molecule has 0 aliphatic rings. The number of hydrogen-bond donors (Lipinski definition) is 1. The van der Waals surface area contributed by atoms with Gasteiger partial charge in [-0.1, -0.05) is 0 Å². The number of nitrogens with zero attached hydrogens (tertiary/aromatic N) is 1. The summed E-state index contributed by atoms with van der Waals surface area (Å²) in [6, 6.07) is 3.10. The number of nitrogen functional groups attached to an aromatic ring is 1. The number of esters is 1. The Labute approximate surface area is 123 Å². The number of benzene rings is 1. The third-order valence-electron chi connectivity index (χ3n) is 3.02. The minimum atomic E-state index is -0.501. The van der Waals surface area contributed by atoms with Crippen LogP contribution in [-0.4, -0.2) is 51.2 Å². The zero-order valence-corrected chi connectivity index (χ0v) is 12.6. The van der Waals surface area contributed by atoms with Crippen LogP contribution in [0.15, 0.2) is 12.1 Å². The highest BCUT2D eigenvalue weighted by Gasteiger charge is 2.22. The molecule has 1 rings (SSSR count). The topological polar surface area (TPSA) is 91.1 Å². The lowest BCUT2D eigenvalue weighted by Gasteiger charge is -2.21. The molecule has 0 saturated carbocycles. The van der Waals surface area contributed by atoms with Crippen LogP contribution in [0.2, 0.25) is 0 Å². The highest BCUT2D eigenvalue weighted by Crippen LogP contribution is 2.31. The molecule has 0 bridgehead atoms. The molecule has 7 heteroatoms. The maximum absolute atomic E-state index is 12.5. The molecule has 0 aromatic heterocycles. The number of amides is 1. The fourth-order valence-electron chi connectivity index (χ4n) is 1.78. The Morgan fingerprint density at radius 3 is 2.33 bits per heavy atom. The molecular formula is C14H20N2O5. The molecule has 0 spiro atoms. The summed E-state index contributed by atoms with van der Waals surface area (Å²) >= 11 is 0. The monoisotopic (exact) mass is 296 g/mol. The Kier molecular flexibility index (Phi) is 5.83. The summed E-state index contributed by atoms with van der Waals surface area (Å²) in [6.07, 6.45) is 0. The lowest BCUT2D eigenvalue weighted by molar-refractivity contribution is -0.141. The minimum Gasteiger partial charge on any atom is -0.497 e. The van der Waals surface area contributed by atoms with Crippen LogP contribution in [0, 0.1) is 0 Å². The Morgan fingerprint density at radius 1 is 1.19 bits per heavy atom. The Hall–Kier alpha value is -2.44. The largest absolute Gasteiger partial charge is 0.497 e. The van der Waals surface area contributed by atoms with Gasteiger partial charge in [0.1, 0.15) is 18.0 Å². The molecule has 0 aliphatic heterocycles. The molecule has 0 heterocycles. The van der Waals surface area contributed by atoms with Crippen LogP contribution < -0.4 is 15.2 Å². The fraction of sp³-hybridized carbons (Fsp3) is 0.429. The van der Waals surface area contributed by atoms with Gasteiger partial charge in [-0.15, -0.1) is 0 Å². The van der Waals surface area contributed by atoms with Crippen LogP contribution in [0.3, 0.4) is 0 Å². The molecule has 0 saturated heterocycles. The lowest BCUT2D eigenvalue weighted by Crippen LogP contribution is -2.36. The first-order valence-corrected chi connectivity index (χ1v) is 6.36. The van der Waals surface area contributed by atoms with Crippen molar-refractivity contribution < 1.29 is 23.8 Å². The van der Waals surface area contributed by atoms with E-state index in [-0.39, 0.29) is 17.8 Å². The van der Waals surface area contributed by atoms with Gasteiger partial charge in [0, 0.05) is 12.6 Å². The average Bonchev–Trinajstić information content (AvgIpc) is 2.51. The standard InChI is InChI=1S/C14H20N2O5/c1-5-16(8-12(17)21-4)14(18)10-6-9(19-2)7-11(20-3)13(10)15/h6-7H,5,8,15H2,1-4H3. The van der Waals surface area contributed by atoms with E-state index in [9.17, 15) is 9.59 Å². The summed E-state index contributed by atoms with van der Waals surface area (Å²) in [5.74, 6) is -0.110. The van der Waals surface area contributed by atoms with Crippen LogP contribution in [0.25, 0.3) is 0 Å². The van der Waals surface area contributed by atoms with Crippen LogP contribution in [-0.2, 0) is 9.53 Å². The second-order valence-corrected chi connectivity index (χ2v) is 4.19. The molecule has 0 unspecified atom stereocenters. The van der Waals surface area contributed by atoms with Crippen LogP contribution in [0.1, 0.15) is 17.3 Å². The molecule has 7 nitrogen and oxygen atoms in total. The van der Waals surface area contributed by atoms with E-state index in [0.717, 1.165) is 0 Å². The van der Waals surface area contributed by atoms with Gasteiger partial charge >= 0.3 is 5.97 Å². The van der Waals surface area contributed by atoms with E-state index >= 15 is 0 Å². The number of likely N-dealkylation sites (N-methyl/N-ethyl adjacent to an activating group) is 1. The summed E-state index contributed by atoms with van der Waals surface area (Å²) in [5, 5.41) is 0. The van der Waals surface area contributed by atoms with Crippen molar-refractivity contribution in [3.05, 3.63) is 17.7 Å². The van der Waals surface area contributed by atoms with Crippen LogP contribution >= 0.6 is 0 Å². The molecule has 0 radical (unpaired) electrons. The molecule has 1 amide bonds. The van der Waals surface area contributed by atoms with E-state index in [2.05, 4.69) is 4.74 Å². The fourth-order valence-corrected chi connectivity index (χ4v) is 1.78. The number of methoxy groups -OCH3 is 3. The van der Waals surface area contributed by atoms with E-state index < -0.39 is 11.9 Å². The predicted molar refractivity (Wildman–Crippen MR) is 77.6 cm³/mol. The number of nitrogens with two attached hydrogens (primary N) is 1. The van der Waals surface area contributed by atoms with Crippen molar-refractivity contribution >= 4 is 17.6 Å². The van der Waals surface area contributed by atoms with Crippen molar-refractivity contribution in [3.63, 3.8) is 0 Å². The van der Waals surface area contributed by atoms with Crippen LogP contribution in [0.4, 0.5) is 5.69 Å². The van der Waals surface area contributed by atoms with E-state index in [0.29, 0.717) is 18.0 Å². The third-order valence-corrected chi connectivity index (χ3v) is 3.02. The molecule has 0 atom stereocenters. The highest BCUT2D eigenvalue weighted by atomic mass is 16.5. The van der Waals surface area contributed by atoms with Gasteiger partial charge in [-0.25, -0.2) is 0 Å². The minimum absolute atomic E-state index is 0.148. The van der Waals surface area contributed by atoms with Gasteiger partial charge in [0.25, 0.3) is 5.91 Å². The summed E-state index contributed by atoms with van der Waals surface area (Å²) in [7, 11) is 4.19. The Balaban J connectivity index is 3.18. The summed E-state index contributed by atoms with van der Waals surface area (Å²) in [4.78, 5) is 25.2. The first-order chi connectivity index (χ1) is 9.98. The quantitative estimate of drug-likeness (QED) is 0.620. The van der Waals surface area contributed by atoms with E-state index in [4.69, 9.17) is 15.2 Å². The summed E-state index contributed by atoms with van der Waals surface area (Å²) < 4.78 is 14.8. The Morgan fingerprint density at radius 2 is 1.86 bits per heavy atom. The molecule has 0 aliphatic carbocycles. The SMILES string of the molecule is CCN(CC(=O)OC)C(=O)c1cc(OC)cc(OC)c1N. The maximum Gasteiger partial charge on any atom is 0.325 e. The number of rotatable bonds is 6. The van der Waals surface area contributed by atoms with Crippen molar-refractivity contribution in [1.82, 2.24) is 4.90 Å². The van der Waals surface area contributed by atoms with Gasteiger partial charge in [0.2, 0.25) is 0 Å². The number of carbonyl (C=O) groups excluding carboxylic acids is 2. The normalized spacial score (nSPS) is 9.90.